The van der Waals surface area contributed by atoms with Gasteiger partial charge in [-0.15, -0.1) is 0 Å². The lowest BCUT2D eigenvalue weighted by Crippen LogP contribution is -2.45. The lowest BCUT2D eigenvalue weighted by molar-refractivity contribution is 0.0505. The largest absolute Gasteiger partial charge is 0.444 e. The molecule has 0 spiro atoms. The minimum atomic E-state index is -0.559. The van der Waals surface area contributed by atoms with Crippen LogP contribution in [-0.2, 0) is 4.74 Å². The van der Waals surface area contributed by atoms with Crippen molar-refractivity contribution in [2.24, 2.45) is 4.99 Å². The normalized spacial score (nSPS) is 21.2. The molecule has 1 saturated carbocycles. The van der Waals surface area contributed by atoms with E-state index in [0.29, 0.717) is 12.6 Å². The number of nitrogens with zero attached hydrogens (tertiary/aromatic N) is 1. The van der Waals surface area contributed by atoms with Gasteiger partial charge in [0, 0.05) is 12.6 Å². The number of aliphatic imine (C=N–C) groups is 1. The molecule has 29 heavy (non-hydrogen) atoms. The Bertz CT molecular complexity index is 650. The van der Waals surface area contributed by atoms with Crippen molar-refractivity contribution >= 4 is 12.1 Å². The summed E-state index contributed by atoms with van der Waals surface area (Å²) in [7, 11) is 0. The number of nitrogens with one attached hydrogen (secondary N) is 3. The molecule has 1 aliphatic carbocycles. The van der Waals surface area contributed by atoms with Gasteiger partial charge in [0.15, 0.2) is 5.96 Å². The number of hydrogen-bond donors (Lipinski definition) is 4. The highest BCUT2D eigenvalue weighted by molar-refractivity contribution is 5.80. The third kappa shape index (κ3) is 8.73. The highest BCUT2D eigenvalue weighted by atomic mass is 16.6. The number of ether oxygens (including phenoxy) is 1. The van der Waals surface area contributed by atoms with E-state index in [1.165, 1.54) is 0 Å². The molecule has 2 rings (SSSR count). The molecular formula is C22H36N4O3. The maximum atomic E-state index is 12.3. The minimum Gasteiger partial charge on any atom is -0.444 e. The Morgan fingerprint density at radius 3 is 2.45 bits per heavy atom. The van der Waals surface area contributed by atoms with Crippen LogP contribution in [0.5, 0.6) is 0 Å². The van der Waals surface area contributed by atoms with Crippen LogP contribution in [0.1, 0.15) is 65.0 Å². The topological polar surface area (TPSA) is 95.0 Å². The average Bonchev–Trinajstić information content (AvgIpc) is 2.66. The van der Waals surface area contributed by atoms with Crippen LogP contribution in [0.3, 0.4) is 0 Å². The van der Waals surface area contributed by atoms with E-state index in [1.54, 1.807) is 0 Å². The van der Waals surface area contributed by atoms with Gasteiger partial charge in [0.25, 0.3) is 0 Å². The third-order valence-electron chi connectivity index (χ3n) is 4.71. The van der Waals surface area contributed by atoms with Crippen LogP contribution >= 0.6 is 0 Å². The second kappa shape index (κ2) is 11.0. The van der Waals surface area contributed by atoms with Crippen molar-refractivity contribution in [1.29, 1.82) is 0 Å². The van der Waals surface area contributed by atoms with Crippen LogP contribution < -0.4 is 16.0 Å². The van der Waals surface area contributed by atoms with Crippen molar-refractivity contribution in [2.75, 3.05) is 13.1 Å². The summed E-state index contributed by atoms with van der Waals surface area (Å²) >= 11 is 0. The molecule has 1 unspecified atom stereocenters. The van der Waals surface area contributed by atoms with E-state index in [1.807, 2.05) is 58.0 Å². The van der Waals surface area contributed by atoms with Crippen LogP contribution in [0.4, 0.5) is 4.79 Å². The van der Waals surface area contributed by atoms with Gasteiger partial charge < -0.3 is 25.8 Å². The first-order valence-electron chi connectivity index (χ1n) is 10.5. The van der Waals surface area contributed by atoms with Crippen molar-refractivity contribution in [3.8, 4) is 0 Å². The number of alkyl carbamates (subject to hydrolysis) is 1. The maximum Gasteiger partial charge on any atom is 0.408 e. The number of carbonyl (C=O) groups excluding carboxylic acids is 1. The van der Waals surface area contributed by atoms with Crippen molar-refractivity contribution in [2.45, 2.75) is 77.2 Å². The van der Waals surface area contributed by atoms with Crippen LogP contribution in [0, 0.1) is 0 Å². The molecule has 1 atom stereocenters. The minimum absolute atomic E-state index is 0.187. The van der Waals surface area contributed by atoms with Gasteiger partial charge >= 0.3 is 6.09 Å². The van der Waals surface area contributed by atoms with Crippen LogP contribution in [0.2, 0.25) is 0 Å². The van der Waals surface area contributed by atoms with Gasteiger partial charge in [0.1, 0.15) is 5.60 Å². The smallest absolute Gasteiger partial charge is 0.408 e. The average molecular weight is 405 g/mol. The predicted octanol–water partition coefficient (Wildman–Crippen LogP) is 3.11. The molecule has 0 aliphatic heterocycles. The van der Waals surface area contributed by atoms with E-state index < -0.39 is 11.7 Å². The summed E-state index contributed by atoms with van der Waals surface area (Å²) in [6.45, 7) is 8.68. The van der Waals surface area contributed by atoms with E-state index in [4.69, 9.17) is 9.73 Å². The van der Waals surface area contributed by atoms with Crippen molar-refractivity contribution in [3.05, 3.63) is 35.9 Å². The molecule has 0 aromatic heterocycles. The molecule has 162 valence electrons. The first-order valence-corrected chi connectivity index (χ1v) is 10.5. The first-order chi connectivity index (χ1) is 13.8. The molecule has 0 bridgehead atoms. The van der Waals surface area contributed by atoms with Gasteiger partial charge in [-0.1, -0.05) is 30.3 Å². The predicted molar refractivity (Wildman–Crippen MR) is 116 cm³/mol. The lowest BCUT2D eigenvalue weighted by atomic mass is 9.93. The molecule has 7 heteroatoms. The van der Waals surface area contributed by atoms with Gasteiger partial charge in [-0.25, -0.2) is 4.79 Å². The Labute approximate surface area is 174 Å². The van der Waals surface area contributed by atoms with Crippen molar-refractivity contribution in [1.82, 2.24) is 16.0 Å². The number of benzene rings is 1. The van der Waals surface area contributed by atoms with Crippen LogP contribution in [-0.4, -0.2) is 48.0 Å². The fraction of sp³-hybridized carbons (Fsp3) is 0.636. The van der Waals surface area contributed by atoms with E-state index in [9.17, 15) is 9.90 Å². The highest BCUT2D eigenvalue weighted by Crippen LogP contribution is 2.18. The Morgan fingerprint density at radius 2 is 1.86 bits per heavy atom. The fourth-order valence-corrected chi connectivity index (χ4v) is 3.29. The number of amides is 1. The van der Waals surface area contributed by atoms with E-state index in [-0.39, 0.29) is 12.1 Å². The summed E-state index contributed by atoms with van der Waals surface area (Å²) in [6.07, 6.45) is 2.82. The monoisotopic (exact) mass is 404 g/mol. The fourth-order valence-electron chi connectivity index (χ4n) is 3.29. The van der Waals surface area contributed by atoms with Crippen molar-refractivity contribution in [3.63, 3.8) is 0 Å². The van der Waals surface area contributed by atoms with E-state index in [2.05, 4.69) is 16.0 Å². The molecule has 1 aromatic rings. The Balaban J connectivity index is 2.07. The van der Waals surface area contributed by atoms with Gasteiger partial charge in [0.05, 0.1) is 18.7 Å². The second-order valence-electron chi connectivity index (χ2n) is 8.48. The standard InChI is InChI=1S/C22H36N4O3/c1-5-23-20(25-17-11-13-18(27)14-12-17)24-15-19(16-9-7-6-8-10-16)26-21(28)29-22(2,3)4/h6-10,17-19,27H,5,11-15H2,1-4H3,(H,26,28)(H2,23,24,25). The summed E-state index contributed by atoms with van der Waals surface area (Å²) in [5, 5.41) is 19.4. The highest BCUT2D eigenvalue weighted by Gasteiger charge is 2.22. The molecular weight excluding hydrogens is 368 g/mol. The Morgan fingerprint density at radius 1 is 1.21 bits per heavy atom. The number of rotatable bonds is 6. The summed E-state index contributed by atoms with van der Waals surface area (Å²) in [6, 6.07) is 9.78. The Kier molecular flexibility index (Phi) is 8.76. The summed E-state index contributed by atoms with van der Waals surface area (Å²) in [4.78, 5) is 17.0. The Hall–Kier alpha value is -2.28. The molecule has 0 heterocycles. The van der Waals surface area contributed by atoms with Gasteiger partial charge in [-0.05, 0) is 58.9 Å². The number of aliphatic hydroxyl groups excluding tert-OH is 1. The molecule has 4 N–H and O–H groups in total. The van der Waals surface area contributed by atoms with Gasteiger partial charge in [-0.2, -0.15) is 0 Å². The summed E-state index contributed by atoms with van der Waals surface area (Å²) in [5.41, 5.74) is 0.412. The zero-order valence-electron chi connectivity index (χ0n) is 18.1. The maximum absolute atomic E-state index is 12.3. The number of hydrogen-bond acceptors (Lipinski definition) is 4. The van der Waals surface area contributed by atoms with Gasteiger partial charge in [-0.3, -0.25) is 4.99 Å². The number of guanidine groups is 1. The molecule has 1 fully saturated rings. The molecule has 0 radical (unpaired) electrons. The molecule has 1 aromatic carbocycles. The number of aliphatic hydroxyl groups is 1. The van der Waals surface area contributed by atoms with Crippen molar-refractivity contribution < 1.29 is 14.6 Å². The zero-order valence-corrected chi connectivity index (χ0v) is 18.1. The summed E-state index contributed by atoms with van der Waals surface area (Å²) < 4.78 is 5.42. The first kappa shape index (κ1) is 23.0. The van der Waals surface area contributed by atoms with Crippen LogP contribution in [0.15, 0.2) is 35.3 Å². The van der Waals surface area contributed by atoms with Crippen LogP contribution in [0.25, 0.3) is 0 Å². The quantitative estimate of drug-likeness (QED) is 0.432. The molecule has 0 saturated heterocycles. The molecule has 1 aliphatic rings. The molecule has 1 amide bonds. The van der Waals surface area contributed by atoms with E-state index >= 15 is 0 Å². The van der Waals surface area contributed by atoms with E-state index in [0.717, 1.165) is 43.8 Å². The second-order valence-corrected chi connectivity index (χ2v) is 8.48. The number of carbonyl (C=O) groups is 1. The lowest BCUT2D eigenvalue weighted by Gasteiger charge is -2.28. The van der Waals surface area contributed by atoms with Gasteiger partial charge in [0.2, 0.25) is 0 Å². The third-order valence-corrected chi connectivity index (χ3v) is 4.71. The zero-order chi connectivity index (χ0) is 21.3. The molecule has 7 nitrogen and oxygen atoms in total. The SMILES string of the molecule is CCNC(=NCC(NC(=O)OC(C)(C)C)c1ccccc1)NC1CCC(O)CC1. The summed E-state index contributed by atoms with van der Waals surface area (Å²) in [5.74, 6) is 0.723.